The normalized spacial score (nSPS) is 10.1. The molecule has 0 aliphatic heterocycles. The van der Waals surface area contributed by atoms with Gasteiger partial charge >= 0.3 is 5.97 Å². The van der Waals surface area contributed by atoms with Crippen molar-refractivity contribution in [2.24, 2.45) is 0 Å². The molecule has 0 saturated heterocycles. The van der Waals surface area contributed by atoms with Gasteiger partial charge in [0.25, 0.3) is 5.91 Å². The highest BCUT2D eigenvalue weighted by Crippen LogP contribution is 2.20. The highest BCUT2D eigenvalue weighted by atomic mass is 16.5. The Balaban J connectivity index is 1.63. The van der Waals surface area contributed by atoms with Crippen LogP contribution >= 0.6 is 0 Å². The number of carbonyl (C=O) groups excluding carboxylic acids is 2. The third-order valence-electron chi connectivity index (χ3n) is 3.99. The summed E-state index contributed by atoms with van der Waals surface area (Å²) in [5.41, 5.74) is 2.72. The second kappa shape index (κ2) is 9.36. The number of nitrogens with one attached hydrogen (secondary N) is 2. The average molecular weight is 391 g/mol. The van der Waals surface area contributed by atoms with Crippen molar-refractivity contribution in [2.75, 3.05) is 24.4 Å². The quantitative estimate of drug-likeness (QED) is 0.585. The molecule has 0 aliphatic rings. The zero-order valence-electron chi connectivity index (χ0n) is 16.1. The smallest absolute Gasteiger partial charge is 0.337 e. The number of aromatic nitrogens is 1. The van der Waals surface area contributed by atoms with Crippen LogP contribution in [-0.2, 0) is 4.74 Å². The third kappa shape index (κ3) is 5.32. The van der Waals surface area contributed by atoms with Crippen LogP contribution < -0.4 is 15.4 Å². The Hall–Kier alpha value is -3.87. The predicted octanol–water partition coefficient (Wildman–Crippen LogP) is 4.26. The summed E-state index contributed by atoms with van der Waals surface area (Å²) in [4.78, 5) is 28.2. The molecule has 29 heavy (non-hydrogen) atoms. The molecule has 1 amide bonds. The number of hydrogen-bond acceptors (Lipinski definition) is 6. The van der Waals surface area contributed by atoms with Crippen molar-refractivity contribution in [3.63, 3.8) is 0 Å². The fourth-order valence-electron chi connectivity index (χ4n) is 2.61. The minimum atomic E-state index is -0.469. The van der Waals surface area contributed by atoms with Crippen molar-refractivity contribution < 1.29 is 19.1 Å². The highest BCUT2D eigenvalue weighted by Gasteiger charge is 2.10. The van der Waals surface area contributed by atoms with Gasteiger partial charge in [-0.1, -0.05) is 6.07 Å². The molecule has 3 aromatic rings. The molecule has 0 aliphatic carbocycles. The number of ether oxygens (including phenoxy) is 2. The van der Waals surface area contributed by atoms with Gasteiger partial charge in [-0.2, -0.15) is 0 Å². The first-order valence-corrected chi connectivity index (χ1v) is 9.04. The van der Waals surface area contributed by atoms with Crippen LogP contribution in [-0.4, -0.2) is 30.6 Å². The second-order valence-electron chi connectivity index (χ2n) is 6.04. The zero-order valence-corrected chi connectivity index (χ0v) is 16.1. The first kappa shape index (κ1) is 19.9. The number of carbonyl (C=O) groups is 2. The number of amides is 1. The maximum absolute atomic E-state index is 12.4. The average Bonchev–Trinajstić information content (AvgIpc) is 2.75. The van der Waals surface area contributed by atoms with Gasteiger partial charge in [0.15, 0.2) is 0 Å². The molecule has 7 nitrogen and oxygen atoms in total. The molecule has 0 spiro atoms. The number of methoxy groups -OCH3 is 1. The van der Waals surface area contributed by atoms with E-state index in [1.165, 1.54) is 7.11 Å². The molecule has 1 aromatic heterocycles. The maximum atomic E-state index is 12.4. The van der Waals surface area contributed by atoms with Gasteiger partial charge in [0.2, 0.25) is 0 Å². The Morgan fingerprint density at radius 2 is 1.72 bits per heavy atom. The molecule has 2 aromatic carbocycles. The Labute approximate surface area is 168 Å². The largest absolute Gasteiger partial charge is 0.494 e. The Morgan fingerprint density at radius 1 is 0.966 bits per heavy atom. The molecule has 7 heteroatoms. The van der Waals surface area contributed by atoms with Crippen LogP contribution in [0.5, 0.6) is 5.75 Å². The number of benzene rings is 2. The molecule has 0 unspecified atom stereocenters. The summed E-state index contributed by atoms with van der Waals surface area (Å²) >= 11 is 0. The van der Waals surface area contributed by atoms with Gasteiger partial charge in [-0.3, -0.25) is 4.79 Å². The molecular weight excluding hydrogens is 370 g/mol. The van der Waals surface area contributed by atoms with Gasteiger partial charge < -0.3 is 20.1 Å². The van der Waals surface area contributed by atoms with E-state index in [1.54, 1.807) is 42.6 Å². The lowest BCUT2D eigenvalue weighted by Gasteiger charge is -2.09. The highest BCUT2D eigenvalue weighted by molar-refractivity contribution is 6.03. The van der Waals surface area contributed by atoms with Gasteiger partial charge in [-0.25, -0.2) is 9.78 Å². The molecule has 0 bridgehead atoms. The molecule has 3 rings (SSSR count). The van der Waals surface area contributed by atoms with E-state index in [2.05, 4.69) is 20.4 Å². The van der Waals surface area contributed by atoms with E-state index in [1.807, 2.05) is 31.2 Å². The van der Waals surface area contributed by atoms with Crippen LogP contribution in [0.25, 0.3) is 0 Å². The van der Waals surface area contributed by atoms with E-state index >= 15 is 0 Å². The van der Waals surface area contributed by atoms with Gasteiger partial charge in [0.05, 0.1) is 31.2 Å². The maximum Gasteiger partial charge on any atom is 0.337 e. The van der Waals surface area contributed by atoms with Gasteiger partial charge in [-0.05, 0) is 61.5 Å². The van der Waals surface area contributed by atoms with Crippen molar-refractivity contribution in [1.82, 2.24) is 4.98 Å². The lowest BCUT2D eigenvalue weighted by atomic mass is 10.2. The first-order chi connectivity index (χ1) is 14.1. The number of rotatable bonds is 7. The molecule has 0 radical (unpaired) electrons. The van der Waals surface area contributed by atoms with Crippen molar-refractivity contribution >= 4 is 28.9 Å². The van der Waals surface area contributed by atoms with Crippen LogP contribution in [0.2, 0.25) is 0 Å². The van der Waals surface area contributed by atoms with Crippen LogP contribution in [0.4, 0.5) is 17.1 Å². The van der Waals surface area contributed by atoms with E-state index in [-0.39, 0.29) is 11.6 Å². The Kier molecular flexibility index (Phi) is 6.42. The number of esters is 1. The van der Waals surface area contributed by atoms with Gasteiger partial charge in [0, 0.05) is 11.4 Å². The van der Waals surface area contributed by atoms with E-state index in [0.29, 0.717) is 17.9 Å². The second-order valence-corrected chi connectivity index (χ2v) is 6.04. The lowest BCUT2D eigenvalue weighted by Crippen LogP contribution is -2.14. The van der Waals surface area contributed by atoms with Gasteiger partial charge in [0.1, 0.15) is 11.4 Å². The summed E-state index contributed by atoms with van der Waals surface area (Å²) in [6.45, 7) is 2.55. The predicted molar refractivity (Wildman–Crippen MR) is 111 cm³/mol. The summed E-state index contributed by atoms with van der Waals surface area (Å²) in [7, 11) is 1.31. The van der Waals surface area contributed by atoms with Crippen LogP contribution in [0.1, 0.15) is 27.8 Å². The summed E-state index contributed by atoms with van der Waals surface area (Å²) in [5.74, 6) is -0.0389. The topological polar surface area (TPSA) is 89.6 Å². The Morgan fingerprint density at radius 3 is 2.38 bits per heavy atom. The van der Waals surface area contributed by atoms with Crippen molar-refractivity contribution in [3.05, 3.63) is 78.1 Å². The minimum Gasteiger partial charge on any atom is -0.494 e. The van der Waals surface area contributed by atoms with Crippen molar-refractivity contribution in [3.8, 4) is 5.75 Å². The van der Waals surface area contributed by atoms with E-state index in [9.17, 15) is 9.59 Å². The summed E-state index contributed by atoms with van der Waals surface area (Å²) < 4.78 is 10.1. The summed E-state index contributed by atoms with van der Waals surface area (Å²) in [6.07, 6.45) is 1.58. The monoisotopic (exact) mass is 391 g/mol. The number of nitrogens with zero attached hydrogens (tertiary/aromatic N) is 1. The van der Waals surface area contributed by atoms with Crippen molar-refractivity contribution in [2.45, 2.75) is 6.92 Å². The standard InChI is InChI=1S/C22H21N3O4/c1-3-29-19-10-7-16(8-11-19)24-18-9-12-20(23-14-18)21(26)25-17-6-4-5-15(13-17)22(27)28-2/h4-14,24H,3H2,1-2H3,(H,25,26). The van der Waals surface area contributed by atoms with Crippen LogP contribution in [0.15, 0.2) is 66.9 Å². The molecule has 0 fully saturated rings. The fourth-order valence-corrected chi connectivity index (χ4v) is 2.61. The minimum absolute atomic E-state index is 0.255. The number of pyridine rings is 1. The fraction of sp³-hybridized carbons (Fsp3) is 0.136. The molecule has 0 saturated carbocycles. The number of anilines is 3. The van der Waals surface area contributed by atoms with E-state index in [0.717, 1.165) is 17.1 Å². The molecule has 148 valence electrons. The Bertz CT molecular complexity index is 986. The van der Waals surface area contributed by atoms with Crippen LogP contribution in [0.3, 0.4) is 0 Å². The summed E-state index contributed by atoms with van der Waals surface area (Å²) in [5, 5.41) is 5.94. The SMILES string of the molecule is CCOc1ccc(Nc2ccc(C(=O)Nc3cccc(C(=O)OC)c3)nc2)cc1. The molecule has 0 atom stereocenters. The molecular formula is C22H21N3O4. The first-order valence-electron chi connectivity index (χ1n) is 9.04. The zero-order chi connectivity index (χ0) is 20.6. The van der Waals surface area contributed by atoms with E-state index in [4.69, 9.17) is 4.74 Å². The lowest BCUT2D eigenvalue weighted by molar-refractivity contribution is 0.0600. The third-order valence-corrected chi connectivity index (χ3v) is 3.99. The van der Waals surface area contributed by atoms with E-state index < -0.39 is 5.97 Å². The molecule has 2 N–H and O–H groups in total. The van der Waals surface area contributed by atoms with Crippen molar-refractivity contribution in [1.29, 1.82) is 0 Å². The van der Waals surface area contributed by atoms with Gasteiger partial charge in [-0.15, -0.1) is 0 Å². The molecule has 1 heterocycles. The summed E-state index contributed by atoms with van der Waals surface area (Å²) in [6, 6.07) is 17.5. The van der Waals surface area contributed by atoms with Crippen LogP contribution in [0, 0.1) is 0 Å². The number of hydrogen-bond donors (Lipinski definition) is 2.